The van der Waals surface area contributed by atoms with Crippen LogP contribution in [0.4, 0.5) is 5.95 Å². The van der Waals surface area contributed by atoms with Gasteiger partial charge in [-0.1, -0.05) is 0 Å². The zero-order valence-electron chi connectivity index (χ0n) is 16.9. The van der Waals surface area contributed by atoms with Gasteiger partial charge >= 0.3 is 0 Å². The number of hydrogen-bond acceptors (Lipinski definition) is 6. The normalized spacial score (nSPS) is 14.9. The highest BCUT2D eigenvalue weighted by Gasteiger charge is 2.20. The molecule has 0 atom stereocenters. The Bertz CT molecular complexity index is 738. The van der Waals surface area contributed by atoms with Crippen LogP contribution in [0.2, 0.25) is 0 Å². The molecule has 0 aromatic carbocycles. The van der Waals surface area contributed by atoms with E-state index in [1.165, 1.54) is 5.56 Å². The van der Waals surface area contributed by atoms with E-state index in [1.54, 1.807) is 0 Å². The van der Waals surface area contributed by atoms with Crippen molar-refractivity contribution in [2.45, 2.75) is 33.1 Å². The fourth-order valence-electron chi connectivity index (χ4n) is 3.46. The van der Waals surface area contributed by atoms with E-state index < -0.39 is 0 Å². The summed E-state index contributed by atoms with van der Waals surface area (Å²) in [7, 11) is 0. The van der Waals surface area contributed by atoms with E-state index >= 15 is 0 Å². The van der Waals surface area contributed by atoms with Crippen molar-refractivity contribution in [2.75, 3.05) is 44.6 Å². The van der Waals surface area contributed by atoms with Gasteiger partial charge in [-0.3, -0.25) is 14.7 Å². The van der Waals surface area contributed by atoms with Crippen molar-refractivity contribution in [3.8, 4) is 0 Å². The first-order valence-electron chi connectivity index (χ1n) is 10.1. The molecule has 3 heterocycles. The van der Waals surface area contributed by atoms with Crippen molar-refractivity contribution in [1.82, 2.24) is 24.8 Å². The van der Waals surface area contributed by atoms with Gasteiger partial charge in [-0.05, 0) is 50.5 Å². The first kappa shape index (κ1) is 20.2. The molecule has 2 aromatic rings. The Morgan fingerprint density at radius 3 is 2.43 bits per heavy atom. The summed E-state index contributed by atoms with van der Waals surface area (Å²) in [6.45, 7) is 9.20. The SMILES string of the molecule is Cc1cc(C)nc(NCCCC(=O)N2CCN(CCc3ccncc3)CC2)n1. The van der Waals surface area contributed by atoms with Crippen molar-refractivity contribution in [1.29, 1.82) is 0 Å². The van der Waals surface area contributed by atoms with Gasteiger partial charge in [0.1, 0.15) is 0 Å². The summed E-state index contributed by atoms with van der Waals surface area (Å²) in [6.07, 6.45) is 6.06. The van der Waals surface area contributed by atoms with Gasteiger partial charge in [0.2, 0.25) is 11.9 Å². The molecule has 1 aliphatic heterocycles. The first-order chi connectivity index (χ1) is 13.6. The standard InChI is InChI=1S/C21H30N6O/c1-17-16-18(2)25-21(24-17)23-8-3-4-20(28)27-14-12-26(13-15-27)11-7-19-5-9-22-10-6-19/h5-6,9-10,16H,3-4,7-8,11-15H2,1-2H3,(H,23,24,25). The van der Waals surface area contributed by atoms with Crippen LogP contribution >= 0.6 is 0 Å². The summed E-state index contributed by atoms with van der Waals surface area (Å²) in [4.78, 5) is 29.7. The van der Waals surface area contributed by atoms with Gasteiger partial charge in [-0.25, -0.2) is 9.97 Å². The molecular weight excluding hydrogens is 352 g/mol. The molecule has 0 spiro atoms. The Morgan fingerprint density at radius 2 is 1.75 bits per heavy atom. The third-order valence-electron chi connectivity index (χ3n) is 5.02. The minimum atomic E-state index is 0.247. The van der Waals surface area contributed by atoms with Crippen molar-refractivity contribution >= 4 is 11.9 Å². The van der Waals surface area contributed by atoms with Crippen molar-refractivity contribution < 1.29 is 4.79 Å². The summed E-state index contributed by atoms with van der Waals surface area (Å²) < 4.78 is 0. The largest absolute Gasteiger partial charge is 0.354 e. The molecule has 3 rings (SSSR count). The Kier molecular flexibility index (Phi) is 7.31. The second kappa shape index (κ2) is 10.1. The van der Waals surface area contributed by atoms with E-state index in [2.05, 4.69) is 37.3 Å². The van der Waals surface area contributed by atoms with Gasteiger partial charge in [0.15, 0.2) is 0 Å². The van der Waals surface area contributed by atoms with Crippen molar-refractivity contribution in [2.24, 2.45) is 0 Å². The number of carbonyl (C=O) groups excluding carboxylic acids is 1. The van der Waals surface area contributed by atoms with E-state index in [1.807, 2.05) is 37.2 Å². The average Bonchev–Trinajstić information content (AvgIpc) is 2.70. The summed E-state index contributed by atoms with van der Waals surface area (Å²) in [5.74, 6) is 0.893. The maximum Gasteiger partial charge on any atom is 0.223 e. The van der Waals surface area contributed by atoms with Gasteiger partial charge in [-0.2, -0.15) is 0 Å². The Balaban J connectivity index is 1.31. The molecule has 0 unspecified atom stereocenters. The number of aryl methyl sites for hydroxylation is 2. The minimum Gasteiger partial charge on any atom is -0.354 e. The van der Waals surface area contributed by atoms with Gasteiger partial charge in [-0.15, -0.1) is 0 Å². The maximum atomic E-state index is 12.4. The molecule has 1 amide bonds. The second-order valence-corrected chi connectivity index (χ2v) is 7.33. The predicted octanol–water partition coefficient (Wildman–Crippen LogP) is 2.07. The number of hydrogen-bond donors (Lipinski definition) is 1. The molecule has 1 fully saturated rings. The number of amides is 1. The topological polar surface area (TPSA) is 74.2 Å². The monoisotopic (exact) mass is 382 g/mol. The summed E-state index contributed by atoms with van der Waals surface area (Å²) >= 11 is 0. The van der Waals surface area contributed by atoms with Gasteiger partial charge < -0.3 is 10.2 Å². The van der Waals surface area contributed by atoms with Crippen molar-refractivity contribution in [3.05, 3.63) is 47.5 Å². The third kappa shape index (κ3) is 6.27. The van der Waals surface area contributed by atoms with Crippen LogP contribution in [0.1, 0.15) is 29.8 Å². The fourth-order valence-corrected chi connectivity index (χ4v) is 3.46. The Labute approximate surface area is 167 Å². The lowest BCUT2D eigenvalue weighted by Gasteiger charge is -2.34. The molecule has 7 heteroatoms. The van der Waals surface area contributed by atoms with E-state index in [0.717, 1.165) is 57.0 Å². The van der Waals surface area contributed by atoms with Crippen LogP contribution in [-0.4, -0.2) is 69.9 Å². The number of aromatic nitrogens is 3. The summed E-state index contributed by atoms with van der Waals surface area (Å²) in [5.41, 5.74) is 3.22. The molecule has 28 heavy (non-hydrogen) atoms. The Hall–Kier alpha value is -2.54. The van der Waals surface area contributed by atoms with Crippen LogP contribution in [-0.2, 0) is 11.2 Å². The lowest BCUT2D eigenvalue weighted by molar-refractivity contribution is -0.133. The molecule has 7 nitrogen and oxygen atoms in total. The first-order valence-corrected chi connectivity index (χ1v) is 10.1. The molecule has 1 aliphatic rings. The lowest BCUT2D eigenvalue weighted by Crippen LogP contribution is -2.49. The highest BCUT2D eigenvalue weighted by atomic mass is 16.2. The highest BCUT2D eigenvalue weighted by Crippen LogP contribution is 2.08. The van der Waals surface area contributed by atoms with Gasteiger partial charge in [0.25, 0.3) is 0 Å². The molecule has 2 aromatic heterocycles. The predicted molar refractivity (Wildman–Crippen MR) is 110 cm³/mol. The van der Waals surface area contributed by atoms with Gasteiger partial charge in [0.05, 0.1) is 0 Å². The van der Waals surface area contributed by atoms with Crippen LogP contribution in [0, 0.1) is 13.8 Å². The van der Waals surface area contributed by atoms with Crippen LogP contribution in [0.25, 0.3) is 0 Å². The van der Waals surface area contributed by atoms with Crippen molar-refractivity contribution in [3.63, 3.8) is 0 Å². The van der Waals surface area contributed by atoms with E-state index in [-0.39, 0.29) is 5.91 Å². The number of piperazine rings is 1. The van der Waals surface area contributed by atoms with E-state index in [9.17, 15) is 4.79 Å². The zero-order chi connectivity index (χ0) is 19.8. The number of nitrogens with one attached hydrogen (secondary N) is 1. The van der Waals surface area contributed by atoms with Crippen LogP contribution < -0.4 is 5.32 Å². The molecule has 0 bridgehead atoms. The quantitative estimate of drug-likeness (QED) is 0.705. The number of pyridine rings is 1. The van der Waals surface area contributed by atoms with Crippen LogP contribution in [0.5, 0.6) is 0 Å². The fraction of sp³-hybridized carbons (Fsp3) is 0.524. The van der Waals surface area contributed by atoms with E-state index in [4.69, 9.17) is 0 Å². The van der Waals surface area contributed by atoms with E-state index in [0.29, 0.717) is 18.9 Å². The Morgan fingerprint density at radius 1 is 1.07 bits per heavy atom. The summed E-state index contributed by atoms with van der Waals surface area (Å²) in [5, 5.41) is 3.22. The lowest BCUT2D eigenvalue weighted by atomic mass is 10.2. The smallest absolute Gasteiger partial charge is 0.223 e. The molecule has 0 radical (unpaired) electrons. The molecule has 0 aliphatic carbocycles. The van der Waals surface area contributed by atoms with Gasteiger partial charge in [0, 0.05) is 69.5 Å². The second-order valence-electron chi connectivity index (χ2n) is 7.33. The molecule has 150 valence electrons. The third-order valence-corrected chi connectivity index (χ3v) is 5.02. The minimum absolute atomic E-state index is 0.247. The molecule has 0 saturated carbocycles. The molecule has 1 saturated heterocycles. The molecular formula is C21H30N6O. The zero-order valence-corrected chi connectivity index (χ0v) is 16.9. The van der Waals surface area contributed by atoms with Crippen LogP contribution in [0.15, 0.2) is 30.6 Å². The molecule has 1 N–H and O–H groups in total. The maximum absolute atomic E-state index is 12.4. The number of anilines is 1. The highest BCUT2D eigenvalue weighted by molar-refractivity contribution is 5.76. The average molecular weight is 383 g/mol. The number of rotatable bonds is 8. The number of carbonyl (C=O) groups is 1. The number of nitrogens with zero attached hydrogens (tertiary/aromatic N) is 5. The summed E-state index contributed by atoms with van der Waals surface area (Å²) in [6, 6.07) is 6.08. The van der Waals surface area contributed by atoms with Crippen LogP contribution in [0.3, 0.4) is 0 Å².